The van der Waals surface area contributed by atoms with Gasteiger partial charge in [-0.05, 0) is 53.5 Å². The fourth-order valence-electron chi connectivity index (χ4n) is 1.77. The van der Waals surface area contributed by atoms with Gasteiger partial charge in [0.2, 0.25) is 0 Å². The number of nitrogens with two attached hydrogens (primary N) is 1. The average molecular weight is 357 g/mol. The first-order chi connectivity index (χ1) is 9.17. The zero-order valence-electron chi connectivity index (χ0n) is 10.7. The van der Waals surface area contributed by atoms with E-state index in [0.29, 0.717) is 0 Å². The number of rotatable bonds is 6. The number of thioether (sulfide) groups is 1. The van der Waals surface area contributed by atoms with Crippen molar-refractivity contribution in [2.75, 3.05) is 5.75 Å². The molecule has 0 fully saturated rings. The minimum atomic E-state index is 0.288. The molecule has 2 nitrogen and oxygen atoms in total. The summed E-state index contributed by atoms with van der Waals surface area (Å²) in [6.07, 6.45) is 0.964. The van der Waals surface area contributed by atoms with Gasteiger partial charge in [0.15, 0.2) is 0 Å². The molecule has 1 aromatic heterocycles. The van der Waals surface area contributed by atoms with Gasteiger partial charge >= 0.3 is 0 Å². The first-order valence-electron chi connectivity index (χ1n) is 6.07. The standard InChI is InChI=1S/C14H17BrN2S2/c1-10-3-2-4-12(7-10)18-9-11(17-16)8-13-5-6-14(15)19-13/h2-7,11,17H,8-9,16H2,1H3. The molecule has 1 heterocycles. The highest BCUT2D eigenvalue weighted by atomic mass is 79.9. The molecule has 1 atom stereocenters. The van der Waals surface area contributed by atoms with Crippen molar-refractivity contribution in [2.45, 2.75) is 24.3 Å². The van der Waals surface area contributed by atoms with E-state index >= 15 is 0 Å². The van der Waals surface area contributed by atoms with E-state index in [1.807, 2.05) is 11.8 Å². The molecule has 0 saturated heterocycles. The van der Waals surface area contributed by atoms with Gasteiger partial charge in [-0.3, -0.25) is 11.3 Å². The second kappa shape index (κ2) is 7.45. The summed E-state index contributed by atoms with van der Waals surface area (Å²) < 4.78 is 1.17. The number of aryl methyl sites for hydroxylation is 1. The molecule has 2 rings (SSSR count). The zero-order valence-corrected chi connectivity index (χ0v) is 13.9. The Labute approximate surface area is 130 Å². The lowest BCUT2D eigenvalue weighted by Gasteiger charge is -2.14. The number of hydrazine groups is 1. The second-order valence-electron chi connectivity index (χ2n) is 4.40. The summed E-state index contributed by atoms with van der Waals surface area (Å²) in [4.78, 5) is 2.65. The predicted octanol–water partition coefficient (Wildman–Crippen LogP) is 3.99. The van der Waals surface area contributed by atoms with Crippen LogP contribution in [0.3, 0.4) is 0 Å². The Kier molecular flexibility index (Phi) is 5.91. The summed E-state index contributed by atoms with van der Waals surface area (Å²) in [5.74, 6) is 6.62. The highest BCUT2D eigenvalue weighted by molar-refractivity contribution is 9.11. The molecule has 5 heteroatoms. The maximum absolute atomic E-state index is 5.65. The molecule has 0 amide bonds. The van der Waals surface area contributed by atoms with Crippen molar-refractivity contribution in [3.8, 4) is 0 Å². The molecule has 3 N–H and O–H groups in total. The van der Waals surface area contributed by atoms with Gasteiger partial charge in [0.1, 0.15) is 0 Å². The molecule has 2 aromatic rings. The number of hydrogen-bond donors (Lipinski definition) is 2. The monoisotopic (exact) mass is 356 g/mol. The van der Waals surface area contributed by atoms with Crippen LogP contribution in [-0.4, -0.2) is 11.8 Å². The lowest BCUT2D eigenvalue weighted by molar-refractivity contribution is 0.579. The van der Waals surface area contributed by atoms with Crippen molar-refractivity contribution >= 4 is 39.0 Å². The van der Waals surface area contributed by atoms with Crippen LogP contribution in [0.4, 0.5) is 0 Å². The molecular weight excluding hydrogens is 340 g/mol. The van der Waals surface area contributed by atoms with Gasteiger partial charge in [-0.15, -0.1) is 23.1 Å². The Hall–Kier alpha value is -0.330. The predicted molar refractivity (Wildman–Crippen MR) is 88.7 cm³/mol. The molecule has 1 unspecified atom stereocenters. The average Bonchev–Trinajstić information content (AvgIpc) is 2.80. The number of benzene rings is 1. The smallest absolute Gasteiger partial charge is 0.0701 e. The van der Waals surface area contributed by atoms with Crippen LogP contribution >= 0.6 is 39.0 Å². The van der Waals surface area contributed by atoms with Gasteiger partial charge in [-0.1, -0.05) is 17.7 Å². The van der Waals surface area contributed by atoms with Gasteiger partial charge in [0, 0.05) is 21.6 Å². The fraction of sp³-hybridized carbons (Fsp3) is 0.286. The van der Waals surface area contributed by atoms with Crippen molar-refractivity contribution in [2.24, 2.45) is 5.84 Å². The molecule has 19 heavy (non-hydrogen) atoms. The van der Waals surface area contributed by atoms with Crippen LogP contribution in [0.2, 0.25) is 0 Å². The molecule has 0 bridgehead atoms. The molecule has 102 valence electrons. The van der Waals surface area contributed by atoms with Crippen molar-refractivity contribution in [3.05, 3.63) is 50.6 Å². The van der Waals surface area contributed by atoms with E-state index in [1.165, 1.54) is 19.1 Å². The SMILES string of the molecule is Cc1cccc(SCC(Cc2ccc(Br)s2)NN)c1. The van der Waals surface area contributed by atoms with E-state index in [0.717, 1.165) is 12.2 Å². The summed E-state index contributed by atoms with van der Waals surface area (Å²) in [5, 5.41) is 0. The molecule has 0 saturated carbocycles. The largest absolute Gasteiger partial charge is 0.271 e. The number of nitrogens with one attached hydrogen (secondary N) is 1. The van der Waals surface area contributed by atoms with Crippen LogP contribution < -0.4 is 11.3 Å². The number of hydrogen-bond acceptors (Lipinski definition) is 4. The Bertz CT molecular complexity index is 528. The van der Waals surface area contributed by atoms with Gasteiger partial charge < -0.3 is 0 Å². The molecule has 1 aromatic carbocycles. The zero-order chi connectivity index (χ0) is 13.7. The maximum Gasteiger partial charge on any atom is 0.0701 e. The molecule has 0 aliphatic rings. The van der Waals surface area contributed by atoms with E-state index in [9.17, 15) is 0 Å². The lowest BCUT2D eigenvalue weighted by atomic mass is 10.2. The van der Waals surface area contributed by atoms with Crippen LogP contribution in [0.5, 0.6) is 0 Å². The maximum atomic E-state index is 5.65. The van der Waals surface area contributed by atoms with Crippen molar-refractivity contribution in [3.63, 3.8) is 0 Å². The fourth-order valence-corrected chi connectivity index (χ4v) is 4.39. The van der Waals surface area contributed by atoms with Crippen LogP contribution in [-0.2, 0) is 6.42 Å². The first-order valence-corrected chi connectivity index (χ1v) is 8.66. The normalized spacial score (nSPS) is 12.6. The molecule has 0 radical (unpaired) electrons. The Morgan fingerprint density at radius 1 is 1.37 bits per heavy atom. The summed E-state index contributed by atoms with van der Waals surface area (Å²) in [7, 11) is 0. The van der Waals surface area contributed by atoms with Crippen molar-refractivity contribution < 1.29 is 0 Å². The molecular formula is C14H17BrN2S2. The van der Waals surface area contributed by atoms with Crippen molar-refractivity contribution in [1.82, 2.24) is 5.43 Å². The third kappa shape index (κ3) is 4.93. The summed E-state index contributed by atoms with van der Waals surface area (Å²) in [6.45, 7) is 2.12. The Morgan fingerprint density at radius 2 is 2.21 bits per heavy atom. The second-order valence-corrected chi connectivity index (χ2v) is 8.04. The molecule has 0 aliphatic heterocycles. The summed E-state index contributed by atoms with van der Waals surface area (Å²) >= 11 is 7.10. The van der Waals surface area contributed by atoms with Gasteiger partial charge in [0.25, 0.3) is 0 Å². The van der Waals surface area contributed by atoms with E-state index < -0.39 is 0 Å². The molecule has 0 aliphatic carbocycles. The van der Waals surface area contributed by atoms with E-state index in [-0.39, 0.29) is 6.04 Å². The number of thiophene rings is 1. The number of halogens is 1. The minimum Gasteiger partial charge on any atom is -0.271 e. The Balaban J connectivity index is 1.89. The van der Waals surface area contributed by atoms with Gasteiger partial charge in [-0.25, -0.2) is 0 Å². The van der Waals surface area contributed by atoms with Crippen LogP contribution in [0, 0.1) is 6.92 Å². The van der Waals surface area contributed by atoms with Gasteiger partial charge in [-0.2, -0.15) is 0 Å². The van der Waals surface area contributed by atoms with E-state index in [1.54, 1.807) is 11.3 Å². The van der Waals surface area contributed by atoms with Crippen molar-refractivity contribution in [1.29, 1.82) is 0 Å². The van der Waals surface area contributed by atoms with Crippen LogP contribution in [0.1, 0.15) is 10.4 Å². The Morgan fingerprint density at radius 3 is 2.84 bits per heavy atom. The third-order valence-corrected chi connectivity index (χ3v) is 5.56. The highest BCUT2D eigenvalue weighted by Crippen LogP contribution is 2.25. The van der Waals surface area contributed by atoms with Gasteiger partial charge in [0.05, 0.1) is 3.79 Å². The quantitative estimate of drug-likeness (QED) is 0.466. The summed E-state index contributed by atoms with van der Waals surface area (Å²) in [6, 6.07) is 13.1. The minimum absolute atomic E-state index is 0.288. The lowest BCUT2D eigenvalue weighted by Crippen LogP contribution is -2.38. The highest BCUT2D eigenvalue weighted by Gasteiger charge is 2.10. The van der Waals surface area contributed by atoms with Crippen LogP contribution in [0.15, 0.2) is 45.1 Å². The van der Waals surface area contributed by atoms with Crippen LogP contribution in [0.25, 0.3) is 0 Å². The van der Waals surface area contributed by atoms with E-state index in [4.69, 9.17) is 5.84 Å². The van der Waals surface area contributed by atoms with E-state index in [2.05, 4.69) is 64.7 Å². The topological polar surface area (TPSA) is 38.0 Å². The summed E-state index contributed by atoms with van der Waals surface area (Å²) in [5.41, 5.74) is 4.21. The third-order valence-electron chi connectivity index (χ3n) is 2.75. The first kappa shape index (κ1) is 15.1. The molecule has 0 spiro atoms.